The van der Waals surface area contributed by atoms with E-state index in [1.54, 1.807) is 0 Å². The molecule has 1 rings (SSSR count). The molecule has 3 heteroatoms. The Labute approximate surface area is 299 Å². The second kappa shape index (κ2) is 34.6. The number of unbranched alkanes of at least 4 members (excludes halogenated alkanes) is 18. The van der Waals surface area contributed by atoms with Crippen LogP contribution in [0.3, 0.4) is 0 Å². The summed E-state index contributed by atoms with van der Waals surface area (Å²) in [4.78, 5) is 2.20. The van der Waals surface area contributed by atoms with Crippen LogP contribution in [0.1, 0.15) is 174 Å². The first-order valence-corrected chi connectivity index (χ1v) is 20.3. The van der Waals surface area contributed by atoms with E-state index in [2.05, 4.69) is 99.6 Å². The van der Waals surface area contributed by atoms with Gasteiger partial charge in [-0.15, -0.1) is 0 Å². The zero-order valence-electron chi connectivity index (χ0n) is 32.2. The van der Waals surface area contributed by atoms with E-state index in [1.165, 1.54) is 134 Å². The van der Waals surface area contributed by atoms with Gasteiger partial charge in [0.15, 0.2) is 0 Å². The van der Waals surface area contributed by atoms with Crippen LogP contribution in [0.2, 0.25) is 0 Å². The van der Waals surface area contributed by atoms with E-state index in [-0.39, 0.29) is 0 Å². The number of hydrogen-bond donors (Lipinski definition) is 0. The Morgan fingerprint density at radius 3 is 1.17 bits per heavy atom. The number of rotatable bonds is 34. The molecule has 0 aliphatic heterocycles. The molecule has 0 unspecified atom stereocenters. The molecule has 274 valence electrons. The molecular formula is C45H77NO2. The van der Waals surface area contributed by atoms with Crippen LogP contribution in [0.15, 0.2) is 66.8 Å². The van der Waals surface area contributed by atoms with E-state index in [0.29, 0.717) is 0 Å². The summed E-state index contributed by atoms with van der Waals surface area (Å²) in [5, 5.41) is 0. The van der Waals surface area contributed by atoms with Gasteiger partial charge in [0.25, 0.3) is 0 Å². The molecule has 0 fully saturated rings. The third-order valence-electron chi connectivity index (χ3n) is 8.67. The molecule has 1 aromatic rings. The van der Waals surface area contributed by atoms with Crippen LogP contribution in [0.25, 0.3) is 0 Å². The first kappa shape index (κ1) is 43.8. The van der Waals surface area contributed by atoms with Crippen LogP contribution in [0.4, 0.5) is 0 Å². The smallest absolute Gasteiger partial charge is 0.123 e. The van der Waals surface area contributed by atoms with E-state index >= 15 is 0 Å². The van der Waals surface area contributed by atoms with E-state index < -0.39 is 0 Å². The zero-order chi connectivity index (χ0) is 34.6. The van der Waals surface area contributed by atoms with Gasteiger partial charge in [-0.3, -0.25) is 0 Å². The van der Waals surface area contributed by atoms with E-state index in [4.69, 9.17) is 9.47 Å². The first-order valence-electron chi connectivity index (χ1n) is 20.3. The van der Waals surface area contributed by atoms with E-state index in [0.717, 1.165) is 56.9 Å². The minimum absolute atomic E-state index is 0.783. The van der Waals surface area contributed by atoms with Crippen molar-refractivity contribution in [3.05, 3.63) is 72.4 Å². The molecule has 0 aliphatic carbocycles. The average molecular weight is 664 g/mol. The first-order chi connectivity index (χ1) is 23.7. The van der Waals surface area contributed by atoms with Gasteiger partial charge in [0.1, 0.15) is 11.5 Å². The SMILES string of the molecule is CCCCC/C=C\C/C=C\CCCCCCCCOc1cc(CN(C)C)cc(OCCCCCCCC/C=C\C/C=C\CCCCC)c1. The number of allylic oxidation sites excluding steroid dienone is 8. The van der Waals surface area contributed by atoms with Crippen LogP contribution >= 0.6 is 0 Å². The largest absolute Gasteiger partial charge is 0.493 e. The molecule has 0 spiro atoms. The highest BCUT2D eigenvalue weighted by atomic mass is 16.5. The topological polar surface area (TPSA) is 21.7 Å². The highest BCUT2D eigenvalue weighted by Crippen LogP contribution is 2.25. The van der Waals surface area contributed by atoms with Crippen LogP contribution < -0.4 is 9.47 Å². The lowest BCUT2D eigenvalue weighted by Gasteiger charge is -2.15. The van der Waals surface area contributed by atoms with Crippen molar-refractivity contribution in [3.8, 4) is 11.5 Å². The van der Waals surface area contributed by atoms with Crippen molar-refractivity contribution in [1.29, 1.82) is 0 Å². The maximum atomic E-state index is 6.20. The maximum Gasteiger partial charge on any atom is 0.123 e. The van der Waals surface area contributed by atoms with Crippen molar-refractivity contribution in [2.45, 2.75) is 174 Å². The van der Waals surface area contributed by atoms with Gasteiger partial charge in [0.05, 0.1) is 13.2 Å². The summed E-state index contributed by atoms with van der Waals surface area (Å²) in [5.41, 5.74) is 1.25. The second-order valence-electron chi connectivity index (χ2n) is 13.9. The minimum Gasteiger partial charge on any atom is -0.493 e. The van der Waals surface area contributed by atoms with Gasteiger partial charge in [0, 0.05) is 12.6 Å². The van der Waals surface area contributed by atoms with Crippen molar-refractivity contribution in [3.63, 3.8) is 0 Å². The minimum atomic E-state index is 0.783. The van der Waals surface area contributed by atoms with Gasteiger partial charge in [-0.2, -0.15) is 0 Å². The van der Waals surface area contributed by atoms with Gasteiger partial charge >= 0.3 is 0 Å². The Morgan fingerprint density at radius 2 is 0.792 bits per heavy atom. The molecule has 0 saturated carbocycles. The third-order valence-corrected chi connectivity index (χ3v) is 8.67. The lowest BCUT2D eigenvalue weighted by atomic mass is 10.1. The summed E-state index contributed by atoms with van der Waals surface area (Å²) in [5.74, 6) is 1.90. The summed E-state index contributed by atoms with van der Waals surface area (Å²) < 4.78 is 12.4. The maximum absolute atomic E-state index is 6.20. The number of benzene rings is 1. The van der Waals surface area contributed by atoms with Crippen molar-refractivity contribution in [1.82, 2.24) is 4.90 Å². The standard InChI is InChI=1S/C45H77NO2/c1-5-7-9-11-13-15-17-19-21-23-25-27-29-31-33-35-37-47-44-39-43(42-46(3)4)40-45(41-44)48-38-36-34-32-30-28-26-24-22-20-18-16-14-12-10-8-6-2/h13-16,19-22,39-41H,5-12,17-18,23-38,42H2,1-4H3/b15-13-,16-14-,21-19-,22-20-. The summed E-state index contributed by atoms with van der Waals surface area (Å²) in [6, 6.07) is 6.46. The quantitative estimate of drug-likeness (QED) is 0.0541. The number of hydrogen-bond acceptors (Lipinski definition) is 3. The fourth-order valence-electron chi connectivity index (χ4n) is 5.81. The Kier molecular flexibility index (Phi) is 31.5. The molecule has 0 amide bonds. The Morgan fingerprint density at radius 1 is 0.438 bits per heavy atom. The van der Waals surface area contributed by atoms with Gasteiger partial charge in [-0.1, -0.05) is 140 Å². The zero-order valence-corrected chi connectivity index (χ0v) is 32.2. The Bertz CT molecular complexity index is 876. The van der Waals surface area contributed by atoms with Gasteiger partial charge in [0.2, 0.25) is 0 Å². The molecule has 0 N–H and O–H groups in total. The van der Waals surface area contributed by atoms with Crippen molar-refractivity contribution in [2.75, 3.05) is 27.3 Å². The molecule has 0 aromatic heterocycles. The highest BCUT2D eigenvalue weighted by Gasteiger charge is 2.05. The predicted molar refractivity (Wildman–Crippen MR) is 214 cm³/mol. The lowest BCUT2D eigenvalue weighted by Crippen LogP contribution is -2.11. The second-order valence-corrected chi connectivity index (χ2v) is 13.9. The van der Waals surface area contributed by atoms with Crippen molar-refractivity contribution >= 4 is 0 Å². The number of ether oxygens (including phenoxy) is 2. The predicted octanol–water partition coefficient (Wildman–Crippen LogP) is 14.1. The van der Waals surface area contributed by atoms with Crippen LogP contribution in [-0.4, -0.2) is 32.2 Å². The van der Waals surface area contributed by atoms with Gasteiger partial charge in [-0.05, 0) is 109 Å². The highest BCUT2D eigenvalue weighted by molar-refractivity contribution is 5.38. The van der Waals surface area contributed by atoms with Gasteiger partial charge < -0.3 is 14.4 Å². The molecule has 0 radical (unpaired) electrons. The molecule has 0 bridgehead atoms. The van der Waals surface area contributed by atoms with E-state index in [9.17, 15) is 0 Å². The summed E-state index contributed by atoms with van der Waals surface area (Å²) >= 11 is 0. The third kappa shape index (κ3) is 29.8. The summed E-state index contributed by atoms with van der Waals surface area (Å²) in [6.07, 6.45) is 49.1. The molecule has 3 nitrogen and oxygen atoms in total. The van der Waals surface area contributed by atoms with Crippen molar-refractivity contribution < 1.29 is 9.47 Å². The molecule has 0 heterocycles. The summed E-state index contributed by atoms with van der Waals surface area (Å²) in [6.45, 7) is 6.99. The lowest BCUT2D eigenvalue weighted by molar-refractivity contribution is 0.288. The number of nitrogens with zero attached hydrogens (tertiary/aromatic N) is 1. The molecule has 1 aromatic carbocycles. The fraction of sp³-hybridized carbons (Fsp3) is 0.689. The molecule has 48 heavy (non-hydrogen) atoms. The Hall–Kier alpha value is -2.26. The normalized spacial score (nSPS) is 12.2. The van der Waals surface area contributed by atoms with Gasteiger partial charge in [-0.25, -0.2) is 0 Å². The van der Waals surface area contributed by atoms with Crippen LogP contribution in [-0.2, 0) is 6.54 Å². The molecule has 0 saturated heterocycles. The fourth-order valence-corrected chi connectivity index (χ4v) is 5.81. The van der Waals surface area contributed by atoms with E-state index in [1.807, 2.05) is 0 Å². The average Bonchev–Trinajstić information content (AvgIpc) is 3.07. The Balaban J connectivity index is 2.13. The monoisotopic (exact) mass is 664 g/mol. The molecule has 0 atom stereocenters. The van der Waals surface area contributed by atoms with Crippen LogP contribution in [0.5, 0.6) is 11.5 Å². The molecular weight excluding hydrogens is 587 g/mol. The van der Waals surface area contributed by atoms with Crippen molar-refractivity contribution in [2.24, 2.45) is 0 Å². The van der Waals surface area contributed by atoms with Crippen LogP contribution in [0, 0.1) is 0 Å². The summed E-state index contributed by atoms with van der Waals surface area (Å²) in [7, 11) is 4.23. The molecule has 0 aliphatic rings.